The number of nitrogens with two attached hydrogens (primary N) is 1. The van der Waals surface area contributed by atoms with E-state index in [1.165, 1.54) is 27.2 Å². The number of amides is 6. The molecule has 586 valence electrons. The van der Waals surface area contributed by atoms with E-state index in [4.69, 9.17) is 35.1 Å². The second-order valence-electron chi connectivity index (χ2n) is 24.9. The van der Waals surface area contributed by atoms with Crippen molar-refractivity contribution in [3.63, 3.8) is 0 Å². The highest BCUT2D eigenvalue weighted by molar-refractivity contribution is 8.76. The highest BCUT2D eigenvalue weighted by Gasteiger charge is 2.44. The molecule has 36 nitrogen and oxygen atoms in total. The summed E-state index contributed by atoms with van der Waals surface area (Å²) in [6.07, 6.45) is 2.19. The first-order valence-corrected chi connectivity index (χ1v) is 40.9. The molecule has 0 bridgehead atoms. The summed E-state index contributed by atoms with van der Waals surface area (Å²) in [5.41, 5.74) is 11.4. The number of carboxylic acids is 3. The van der Waals surface area contributed by atoms with Crippen LogP contribution in [0.25, 0.3) is 0 Å². The number of ether oxygens (including phenoxy) is 2. The molecule has 3 aromatic rings. The van der Waals surface area contributed by atoms with Crippen molar-refractivity contribution >= 4 is 110 Å². The Morgan fingerprint density at radius 1 is 0.813 bits per heavy atom. The van der Waals surface area contributed by atoms with Gasteiger partial charge in [0, 0.05) is 99.1 Å². The zero-order valence-corrected chi connectivity index (χ0v) is 63.4. The van der Waals surface area contributed by atoms with Gasteiger partial charge in [-0.15, -0.1) is 0 Å². The molecule has 0 radical (unpaired) electrons. The number of carboxylic acid groups (broad SMARTS) is 3. The van der Waals surface area contributed by atoms with Gasteiger partial charge in [0.15, 0.2) is 0 Å². The van der Waals surface area contributed by atoms with Crippen LogP contribution in [0.15, 0.2) is 75.9 Å². The fourth-order valence-corrected chi connectivity index (χ4v) is 16.7. The van der Waals surface area contributed by atoms with E-state index in [1.54, 1.807) is 18.0 Å². The molecule has 41 heteroatoms. The van der Waals surface area contributed by atoms with E-state index < -0.39 is 127 Å². The first-order valence-electron chi connectivity index (χ1n) is 33.9. The maximum absolute atomic E-state index is 14.6. The molecule has 15 N–H and O–H groups in total. The van der Waals surface area contributed by atoms with Gasteiger partial charge in [-0.25, -0.2) is 23.3 Å². The summed E-state index contributed by atoms with van der Waals surface area (Å²) in [4.78, 5) is 174. The lowest BCUT2D eigenvalue weighted by Crippen LogP contribution is -2.52. The van der Waals surface area contributed by atoms with Crippen molar-refractivity contribution in [3.05, 3.63) is 110 Å². The maximum Gasteiger partial charge on any atom is 0.490 e. The Labute approximate surface area is 623 Å². The average molecular weight is 1600 g/mol. The summed E-state index contributed by atoms with van der Waals surface area (Å²) < 4.78 is 59.8. The standard InChI is InChI=1S/C66H89N10O26P3S2/c1-6-16-40-31-51-44(29-38(40)3)60(45-30-39(4)47(68-7-2)32-52(45)99-51)42-18-10-11-19-43(42)64(87)75(5)26-14-22-56(80)71-46(62(85)70-24-12-8-9-21-55(79)72-48(33-58(81)82)63(86)73-49(65(88)89)34-59(83)84)20-15-27-106-107-28-23-54(78)69-25-13-17-41-36-76(66(90)74-61(41)67)57-35-50(77)53(100-57)37-98-104(94,95)102-105(96,97)101-103(91,92)93/h10-11,18-19,29-32,36,45-46,48-50,53,57,60,77H,6-9,12,14-16,20-28,33-35,37H2,1-5H3,(H,69,78)(H,70,85)(H,71,80)(H,72,79)(H,73,86)(H,81,82)(H,83,84)(H,88,89)(H,94,95)(H,96,97)(H2,67,74,90)(H2,91,92,93)/b68-47+/t45?,46?,48?,49?,50?,53-,57-,60?/m1/s1. The maximum atomic E-state index is 14.6. The molecule has 1 saturated heterocycles. The summed E-state index contributed by atoms with van der Waals surface area (Å²) in [6, 6.07) is 7.15. The molecule has 1 fully saturated rings. The topological polar surface area (TPSA) is 549 Å². The number of fused-ring (bicyclic) bond motifs is 2. The van der Waals surface area contributed by atoms with Crippen LogP contribution in [0.2, 0.25) is 0 Å². The average Bonchev–Trinajstić information content (AvgIpc) is 1.01. The molecular formula is C66H89N10O26P3S2. The highest BCUT2D eigenvalue weighted by Crippen LogP contribution is 2.66. The van der Waals surface area contributed by atoms with Gasteiger partial charge in [-0.05, 0) is 93.7 Å². The number of allylic oxidation sites excluding steroid dienone is 3. The smallest absolute Gasteiger partial charge is 0.481 e. The number of aryl methyl sites for hydroxylation is 2. The van der Waals surface area contributed by atoms with Crippen LogP contribution in [0.3, 0.4) is 0 Å². The van der Waals surface area contributed by atoms with Gasteiger partial charge in [0.05, 0.1) is 43.4 Å². The number of carbonyl (C=O) groups is 9. The molecule has 3 heterocycles. The SMILES string of the molecule is CCCc1cc2c(cc1C)C(c1ccccc1C(=O)N(C)CCCC(=O)NC(CCCSSCCC(=O)NCC#Cc1cn([C@H]3CC(O)[C@@H](COP(=O)(O)OP(=O)(O)OP(=O)(O)O)O3)c(=O)nc1N)C(=O)NCCCCCC(=O)NC(CC(=O)O)C(=O)NC(CC(=O)O)C(=O)O)C1C=C(C)/C(=N/CC)C=C1O2. The predicted octanol–water partition coefficient (Wildman–Crippen LogP) is 4.26. The summed E-state index contributed by atoms with van der Waals surface area (Å²) >= 11 is 0. The highest BCUT2D eigenvalue weighted by atomic mass is 33.1. The normalized spacial score (nSPS) is 19.0. The number of aromatic nitrogens is 2. The minimum absolute atomic E-state index is 0.00197. The number of carbonyl (C=O) groups excluding carboxylic acids is 6. The number of hydrogen-bond donors (Lipinski definition) is 14. The molecule has 8 unspecified atom stereocenters. The van der Waals surface area contributed by atoms with Crippen LogP contribution in [-0.4, -0.2) is 195 Å². The first kappa shape index (κ1) is 87.8. The Bertz CT molecular complexity index is 4140. The molecule has 2 aliphatic heterocycles. The van der Waals surface area contributed by atoms with Crippen LogP contribution in [0, 0.1) is 24.7 Å². The van der Waals surface area contributed by atoms with E-state index in [2.05, 4.69) is 83.3 Å². The van der Waals surface area contributed by atoms with Gasteiger partial charge in [0.2, 0.25) is 29.5 Å². The zero-order valence-electron chi connectivity index (χ0n) is 59.1. The quantitative estimate of drug-likeness (QED) is 0.0163. The summed E-state index contributed by atoms with van der Waals surface area (Å²) in [7, 11) is -12.6. The van der Waals surface area contributed by atoms with E-state index >= 15 is 0 Å². The number of nitrogens with one attached hydrogen (secondary N) is 5. The number of aliphatic imine (C=N–C) groups is 1. The number of benzene rings is 2. The van der Waals surface area contributed by atoms with Crippen LogP contribution in [0.1, 0.15) is 155 Å². The number of anilines is 1. The van der Waals surface area contributed by atoms with Crippen LogP contribution in [0.4, 0.5) is 5.82 Å². The van der Waals surface area contributed by atoms with Gasteiger partial charge in [-0.2, -0.15) is 13.6 Å². The Morgan fingerprint density at radius 2 is 1.50 bits per heavy atom. The number of phosphoric acid groups is 3. The number of phosphoric ester groups is 1. The van der Waals surface area contributed by atoms with Gasteiger partial charge in [0.1, 0.15) is 47.8 Å². The molecule has 0 spiro atoms. The molecule has 1 aliphatic carbocycles. The van der Waals surface area contributed by atoms with Crippen LogP contribution in [-0.2, 0) is 76.4 Å². The molecule has 6 amide bonds. The van der Waals surface area contributed by atoms with Crippen LogP contribution in [0.5, 0.6) is 5.75 Å². The Hall–Kier alpha value is -8.11. The van der Waals surface area contributed by atoms with Crippen molar-refractivity contribution in [2.45, 2.75) is 160 Å². The molecule has 0 saturated carbocycles. The van der Waals surface area contributed by atoms with Crippen LogP contribution < -0.4 is 42.7 Å². The molecule has 6 rings (SSSR count). The Kier molecular flexibility index (Phi) is 34.0. The minimum Gasteiger partial charge on any atom is -0.481 e. The third kappa shape index (κ3) is 28.1. The van der Waals surface area contributed by atoms with Crippen molar-refractivity contribution in [2.75, 3.05) is 57.1 Å². The third-order valence-electron chi connectivity index (χ3n) is 16.6. The second kappa shape index (κ2) is 41.5. The molecule has 3 aliphatic rings. The van der Waals surface area contributed by atoms with E-state index in [0.29, 0.717) is 42.9 Å². The predicted molar refractivity (Wildman–Crippen MR) is 389 cm³/mol. The van der Waals surface area contributed by atoms with Gasteiger partial charge in [-0.1, -0.05) is 83.5 Å². The van der Waals surface area contributed by atoms with Gasteiger partial charge < -0.3 is 86.7 Å². The molecule has 1 aromatic heterocycles. The first-order chi connectivity index (χ1) is 50.5. The van der Waals surface area contributed by atoms with E-state index in [-0.39, 0.29) is 99.6 Å². The Balaban J connectivity index is 1.02. The number of aliphatic hydroxyl groups is 1. The summed E-state index contributed by atoms with van der Waals surface area (Å²) in [5.74, 6) is -1.44. The van der Waals surface area contributed by atoms with E-state index in [0.717, 1.165) is 63.1 Å². The number of aliphatic hydroxyl groups excluding tert-OH is 1. The summed E-state index contributed by atoms with van der Waals surface area (Å²) in [6.45, 7) is 7.90. The number of nitrogen functional groups attached to an aromatic ring is 1. The van der Waals surface area contributed by atoms with Crippen molar-refractivity contribution < 1.29 is 119 Å². The third-order valence-corrected chi connectivity index (χ3v) is 22.9. The number of nitrogens with zero attached hydrogens (tertiary/aromatic N) is 4. The molecular weight excluding hydrogens is 1510 g/mol. The van der Waals surface area contributed by atoms with Crippen molar-refractivity contribution in [1.29, 1.82) is 0 Å². The monoisotopic (exact) mass is 1590 g/mol. The van der Waals surface area contributed by atoms with Gasteiger partial charge in [-0.3, -0.25) is 52.4 Å². The lowest BCUT2D eigenvalue weighted by Gasteiger charge is -2.38. The molecule has 10 atom stereocenters. The van der Waals surface area contributed by atoms with Crippen molar-refractivity contribution in [2.24, 2.45) is 10.9 Å². The lowest BCUT2D eigenvalue weighted by molar-refractivity contribution is -0.148. The van der Waals surface area contributed by atoms with Crippen molar-refractivity contribution in [1.82, 2.24) is 41.0 Å². The number of unbranched alkanes of at least 4 members (excludes halogenated alkanes) is 2. The molecule has 107 heavy (non-hydrogen) atoms. The van der Waals surface area contributed by atoms with Crippen molar-refractivity contribution in [3.8, 4) is 17.6 Å². The van der Waals surface area contributed by atoms with Crippen LogP contribution >= 0.6 is 45.1 Å². The van der Waals surface area contributed by atoms with Gasteiger partial charge >= 0.3 is 47.1 Å². The summed E-state index contributed by atoms with van der Waals surface area (Å²) in [5, 5.41) is 50.7. The minimum atomic E-state index is -5.83. The fourth-order valence-electron chi connectivity index (χ4n) is 11.5. The zero-order chi connectivity index (χ0) is 78.9. The second-order valence-corrected chi connectivity index (χ2v) is 32.1. The fraction of sp³-hybridized carbons (Fsp3) is 0.515. The molecule has 2 aromatic carbocycles. The number of rotatable bonds is 42. The van der Waals surface area contributed by atoms with E-state index in [1.807, 2.05) is 43.4 Å². The largest absolute Gasteiger partial charge is 0.490 e. The Morgan fingerprint density at radius 3 is 2.18 bits per heavy atom. The number of aliphatic carboxylic acids is 3. The van der Waals surface area contributed by atoms with E-state index in [9.17, 15) is 86.7 Å². The van der Waals surface area contributed by atoms with Gasteiger partial charge in [0.25, 0.3) is 5.91 Å². The lowest BCUT2D eigenvalue weighted by atomic mass is 9.72. The number of hydrogen-bond acceptors (Lipinski definition) is 24.